The molecule has 4 nitrogen and oxygen atoms in total. The first-order valence-corrected chi connectivity index (χ1v) is 10.6. The average molecular weight is 367 g/mol. The van der Waals surface area contributed by atoms with E-state index in [1.54, 1.807) is 30.5 Å². The number of rotatable bonds is 4. The van der Waals surface area contributed by atoms with Gasteiger partial charge in [0.05, 0.1) is 16.0 Å². The molecular weight excluding hydrogens is 344 g/mol. The van der Waals surface area contributed by atoms with Crippen molar-refractivity contribution in [2.24, 2.45) is 0 Å². The Bertz CT molecular complexity index is 1040. The molecule has 1 N–H and O–H groups in total. The molecule has 1 aliphatic heterocycles. The van der Waals surface area contributed by atoms with Crippen molar-refractivity contribution in [3.05, 3.63) is 60.3 Å². The number of nitrogens with one attached hydrogen (secondary N) is 1. The quantitative estimate of drug-likeness (QED) is 0.707. The van der Waals surface area contributed by atoms with Crippen molar-refractivity contribution in [3.8, 4) is 0 Å². The van der Waals surface area contributed by atoms with Crippen molar-refractivity contribution >= 4 is 26.4 Å². The summed E-state index contributed by atoms with van der Waals surface area (Å²) >= 11 is 0. The van der Waals surface area contributed by atoms with Gasteiger partial charge in [-0.05, 0) is 43.0 Å². The minimum Gasteiger partial charge on any atom is -0.370 e. The van der Waals surface area contributed by atoms with Crippen molar-refractivity contribution in [3.63, 3.8) is 0 Å². The molecule has 26 heavy (non-hydrogen) atoms. The van der Waals surface area contributed by atoms with E-state index < -0.39 is 9.84 Å². The van der Waals surface area contributed by atoms with Crippen LogP contribution in [0.15, 0.2) is 64.5 Å². The Kier molecular flexibility index (Phi) is 4.41. The molecule has 0 radical (unpaired) electrons. The molecule has 2 aromatic carbocycles. The molecule has 1 aliphatic rings. The van der Waals surface area contributed by atoms with E-state index in [2.05, 4.69) is 28.9 Å². The molecule has 0 aliphatic carbocycles. The van der Waals surface area contributed by atoms with E-state index in [1.807, 2.05) is 12.1 Å². The fraction of sp³-hybridized carbons (Fsp3) is 0.286. The topological polar surface area (TPSA) is 51.5 Å². The molecule has 4 rings (SSSR count). The summed E-state index contributed by atoms with van der Waals surface area (Å²) in [7, 11) is -3.59. The molecule has 3 aromatic rings. The van der Waals surface area contributed by atoms with Gasteiger partial charge in [-0.1, -0.05) is 31.2 Å². The molecule has 1 fully saturated rings. The maximum atomic E-state index is 13.4. The molecule has 1 aromatic heterocycles. The molecule has 5 heteroatoms. The van der Waals surface area contributed by atoms with E-state index in [0.29, 0.717) is 9.79 Å². The van der Waals surface area contributed by atoms with Crippen LogP contribution >= 0.6 is 0 Å². The van der Waals surface area contributed by atoms with Gasteiger partial charge in [0.15, 0.2) is 11.1 Å². The second-order valence-corrected chi connectivity index (χ2v) is 8.66. The second-order valence-electron chi connectivity index (χ2n) is 6.75. The summed E-state index contributed by atoms with van der Waals surface area (Å²) in [6, 6.07) is 15.0. The van der Waals surface area contributed by atoms with Gasteiger partial charge in [0.2, 0.25) is 15.4 Å². The highest BCUT2D eigenvalue weighted by Gasteiger charge is 2.30. The van der Waals surface area contributed by atoms with Gasteiger partial charge in [0, 0.05) is 19.2 Å². The van der Waals surface area contributed by atoms with Gasteiger partial charge in [0.25, 0.3) is 0 Å². The number of hydrogen-bond donors (Lipinski definition) is 0. The number of benzene rings is 2. The Morgan fingerprint density at radius 3 is 2.46 bits per heavy atom. The zero-order chi connectivity index (χ0) is 18.1. The predicted molar refractivity (Wildman–Crippen MR) is 103 cm³/mol. The number of fused-ring (bicyclic) bond motifs is 1. The van der Waals surface area contributed by atoms with Crippen LogP contribution in [0.3, 0.4) is 0 Å². The van der Waals surface area contributed by atoms with Crippen molar-refractivity contribution in [1.29, 1.82) is 0 Å². The molecular formula is C21H23N2O2S+. The fourth-order valence-corrected chi connectivity index (χ4v) is 5.15. The van der Waals surface area contributed by atoms with Gasteiger partial charge in [-0.15, -0.1) is 0 Å². The summed E-state index contributed by atoms with van der Waals surface area (Å²) in [6.07, 6.45) is 4.77. The zero-order valence-electron chi connectivity index (χ0n) is 14.9. The van der Waals surface area contributed by atoms with E-state index in [1.165, 1.54) is 5.56 Å². The molecule has 0 saturated carbocycles. The Morgan fingerprint density at radius 2 is 1.77 bits per heavy atom. The standard InChI is InChI=1S/C21H22N2O2S/c1-2-16-10-11-19-18(14-16)21(23-12-6-7-13-23)20(15-22-19)26(24,25)17-8-4-3-5-9-17/h3-5,8-11,14-15H,2,6-7,12-13H2,1H3/p+1. The monoisotopic (exact) mass is 367 g/mol. The Balaban J connectivity index is 2.01. The maximum Gasteiger partial charge on any atom is 0.214 e. The molecule has 0 unspecified atom stereocenters. The maximum absolute atomic E-state index is 13.4. The molecule has 0 bridgehead atoms. The van der Waals surface area contributed by atoms with E-state index >= 15 is 0 Å². The Labute approximate surface area is 154 Å². The molecule has 1 saturated heterocycles. The van der Waals surface area contributed by atoms with Crippen molar-refractivity contribution in [2.75, 3.05) is 18.0 Å². The highest BCUT2D eigenvalue weighted by atomic mass is 32.2. The van der Waals surface area contributed by atoms with Crippen molar-refractivity contribution in [2.45, 2.75) is 36.0 Å². The lowest BCUT2D eigenvalue weighted by atomic mass is 10.1. The summed E-state index contributed by atoms with van der Waals surface area (Å²) in [5.74, 6) is 0. The van der Waals surface area contributed by atoms with Crippen molar-refractivity contribution in [1.82, 2.24) is 0 Å². The largest absolute Gasteiger partial charge is 0.370 e. The third kappa shape index (κ3) is 2.86. The van der Waals surface area contributed by atoms with Crippen LogP contribution in [0.1, 0.15) is 25.3 Å². The number of aryl methyl sites for hydroxylation is 1. The van der Waals surface area contributed by atoms with Gasteiger partial charge in [-0.3, -0.25) is 0 Å². The third-order valence-corrected chi connectivity index (χ3v) is 6.89. The van der Waals surface area contributed by atoms with Crippen LogP contribution in [0.5, 0.6) is 0 Å². The van der Waals surface area contributed by atoms with E-state index in [0.717, 1.165) is 48.9 Å². The molecule has 134 valence electrons. The van der Waals surface area contributed by atoms with Crippen LogP contribution < -0.4 is 9.88 Å². The SMILES string of the molecule is CCc1ccc2[nH+]cc(S(=O)(=O)c3ccccc3)c(N3CCCC3)c2c1. The normalized spacial score (nSPS) is 14.9. The number of nitrogens with zero attached hydrogens (tertiary/aromatic N) is 1. The first-order valence-electron chi connectivity index (χ1n) is 9.13. The lowest BCUT2D eigenvalue weighted by Crippen LogP contribution is -2.23. The Hall–Kier alpha value is -2.40. The summed E-state index contributed by atoms with van der Waals surface area (Å²) in [5, 5.41) is 0.989. The molecule has 0 atom stereocenters. The number of aromatic amines is 1. The lowest BCUT2D eigenvalue weighted by Gasteiger charge is -2.21. The highest BCUT2D eigenvalue weighted by molar-refractivity contribution is 7.91. The number of aromatic nitrogens is 1. The number of anilines is 1. The first-order chi connectivity index (χ1) is 12.6. The van der Waals surface area contributed by atoms with Gasteiger partial charge >= 0.3 is 0 Å². The summed E-state index contributed by atoms with van der Waals surface area (Å²) in [6.45, 7) is 3.91. The number of pyridine rings is 1. The number of hydrogen-bond acceptors (Lipinski definition) is 3. The molecule has 2 heterocycles. The smallest absolute Gasteiger partial charge is 0.214 e. The van der Waals surface area contributed by atoms with E-state index in [4.69, 9.17) is 0 Å². The second kappa shape index (κ2) is 6.72. The lowest BCUT2D eigenvalue weighted by molar-refractivity contribution is -0.347. The zero-order valence-corrected chi connectivity index (χ0v) is 15.7. The van der Waals surface area contributed by atoms with Crippen LogP contribution in [0.25, 0.3) is 10.9 Å². The number of H-pyrrole nitrogens is 1. The average Bonchev–Trinajstić information content (AvgIpc) is 3.21. The third-order valence-electron chi connectivity index (χ3n) is 5.10. The van der Waals surface area contributed by atoms with Crippen LogP contribution in [-0.4, -0.2) is 21.5 Å². The minimum atomic E-state index is -3.59. The van der Waals surface area contributed by atoms with Crippen molar-refractivity contribution < 1.29 is 13.4 Å². The molecule has 0 amide bonds. The summed E-state index contributed by atoms with van der Waals surface area (Å²) in [4.78, 5) is 6.13. The minimum absolute atomic E-state index is 0.333. The van der Waals surface area contributed by atoms with Gasteiger partial charge in [0.1, 0.15) is 0 Å². The summed E-state index contributed by atoms with van der Waals surface area (Å²) < 4.78 is 26.7. The number of sulfone groups is 1. The van der Waals surface area contributed by atoms with Crippen LogP contribution in [0.4, 0.5) is 5.69 Å². The van der Waals surface area contributed by atoms with E-state index in [9.17, 15) is 8.42 Å². The van der Waals surface area contributed by atoms with Crippen LogP contribution in [0.2, 0.25) is 0 Å². The fourth-order valence-electron chi connectivity index (χ4n) is 3.68. The van der Waals surface area contributed by atoms with Gasteiger partial charge in [-0.25, -0.2) is 13.4 Å². The van der Waals surface area contributed by atoms with Gasteiger partial charge in [-0.2, -0.15) is 0 Å². The summed E-state index contributed by atoms with van der Waals surface area (Å²) in [5.41, 5.74) is 3.02. The van der Waals surface area contributed by atoms with Crippen LogP contribution in [-0.2, 0) is 16.3 Å². The van der Waals surface area contributed by atoms with E-state index in [-0.39, 0.29) is 0 Å². The Morgan fingerprint density at radius 1 is 1.04 bits per heavy atom. The highest BCUT2D eigenvalue weighted by Crippen LogP contribution is 2.36. The van der Waals surface area contributed by atoms with Gasteiger partial charge < -0.3 is 4.90 Å². The molecule has 0 spiro atoms. The first kappa shape index (κ1) is 17.0. The van der Waals surface area contributed by atoms with Crippen LogP contribution in [0, 0.1) is 0 Å². The predicted octanol–water partition coefficient (Wildman–Crippen LogP) is 3.65.